The first-order chi connectivity index (χ1) is 8.76. The zero-order valence-corrected chi connectivity index (χ0v) is 12.8. The van der Waals surface area contributed by atoms with Gasteiger partial charge in [0.25, 0.3) is 0 Å². The third-order valence-corrected chi connectivity index (χ3v) is 4.93. The Morgan fingerprint density at radius 3 is 2.33 bits per heavy atom. The van der Waals surface area contributed by atoms with Gasteiger partial charge in [0.1, 0.15) is 0 Å². The van der Waals surface area contributed by atoms with Gasteiger partial charge in [-0.1, -0.05) is 85.1 Å². The molecule has 0 saturated carbocycles. The molecule has 0 nitrogen and oxygen atoms in total. The maximum atomic E-state index is 3.89. The standard InChI is InChI=1S/C17H21Br/c1-3-13(4-2)17(18)12-15-10-7-9-14-8-5-6-11-16(14)15/h5-11,13,17H,3-4,12H2,1-2H3. The van der Waals surface area contributed by atoms with Crippen LogP contribution in [0.25, 0.3) is 10.8 Å². The summed E-state index contributed by atoms with van der Waals surface area (Å²) in [5, 5.41) is 2.75. The first-order valence-electron chi connectivity index (χ1n) is 6.87. The van der Waals surface area contributed by atoms with E-state index in [1.807, 2.05) is 0 Å². The van der Waals surface area contributed by atoms with Crippen molar-refractivity contribution in [3.8, 4) is 0 Å². The topological polar surface area (TPSA) is 0 Å². The van der Waals surface area contributed by atoms with Gasteiger partial charge in [0.05, 0.1) is 0 Å². The van der Waals surface area contributed by atoms with Gasteiger partial charge in [-0.3, -0.25) is 0 Å². The summed E-state index contributed by atoms with van der Waals surface area (Å²) < 4.78 is 0. The minimum atomic E-state index is 0.582. The van der Waals surface area contributed by atoms with Crippen molar-refractivity contribution in [3.05, 3.63) is 48.0 Å². The van der Waals surface area contributed by atoms with Crippen molar-refractivity contribution >= 4 is 26.7 Å². The average molecular weight is 305 g/mol. The van der Waals surface area contributed by atoms with Gasteiger partial charge in [-0.2, -0.15) is 0 Å². The van der Waals surface area contributed by atoms with Crippen molar-refractivity contribution in [2.75, 3.05) is 0 Å². The fraction of sp³-hybridized carbons (Fsp3) is 0.412. The fourth-order valence-electron chi connectivity index (χ4n) is 2.65. The van der Waals surface area contributed by atoms with Crippen LogP contribution < -0.4 is 0 Å². The van der Waals surface area contributed by atoms with Crippen molar-refractivity contribution in [3.63, 3.8) is 0 Å². The molecule has 0 spiro atoms. The molecule has 0 fully saturated rings. The number of halogens is 1. The maximum absolute atomic E-state index is 3.89. The Morgan fingerprint density at radius 1 is 0.944 bits per heavy atom. The third-order valence-electron chi connectivity index (χ3n) is 3.86. The van der Waals surface area contributed by atoms with Crippen LogP contribution >= 0.6 is 15.9 Å². The fourth-order valence-corrected chi connectivity index (χ4v) is 3.74. The Morgan fingerprint density at radius 2 is 1.61 bits per heavy atom. The molecule has 96 valence electrons. The molecule has 18 heavy (non-hydrogen) atoms. The van der Waals surface area contributed by atoms with E-state index < -0.39 is 0 Å². The number of hydrogen-bond acceptors (Lipinski definition) is 0. The number of benzene rings is 2. The van der Waals surface area contributed by atoms with Crippen LogP contribution in [0, 0.1) is 5.92 Å². The monoisotopic (exact) mass is 304 g/mol. The molecule has 0 radical (unpaired) electrons. The van der Waals surface area contributed by atoms with Crippen molar-refractivity contribution in [2.24, 2.45) is 5.92 Å². The van der Waals surface area contributed by atoms with E-state index in [4.69, 9.17) is 0 Å². The molecule has 0 heterocycles. The molecule has 1 atom stereocenters. The van der Waals surface area contributed by atoms with Crippen LogP contribution in [0.4, 0.5) is 0 Å². The summed E-state index contributed by atoms with van der Waals surface area (Å²) in [6.07, 6.45) is 3.61. The normalized spacial score (nSPS) is 13.1. The van der Waals surface area contributed by atoms with Crippen LogP contribution in [0.5, 0.6) is 0 Å². The molecule has 0 saturated heterocycles. The van der Waals surface area contributed by atoms with E-state index in [1.165, 1.54) is 29.2 Å². The maximum Gasteiger partial charge on any atom is 0.0214 e. The van der Waals surface area contributed by atoms with Crippen LogP contribution in [0.1, 0.15) is 32.3 Å². The van der Waals surface area contributed by atoms with E-state index in [2.05, 4.69) is 72.2 Å². The summed E-state index contributed by atoms with van der Waals surface area (Å²) >= 11 is 3.89. The Kier molecular flexibility index (Phi) is 4.82. The Balaban J connectivity index is 2.26. The molecule has 1 unspecified atom stereocenters. The summed E-state index contributed by atoms with van der Waals surface area (Å²) in [6.45, 7) is 4.57. The predicted octanol–water partition coefficient (Wildman–Crippen LogP) is 5.58. The molecule has 2 aromatic carbocycles. The van der Waals surface area contributed by atoms with E-state index in [-0.39, 0.29) is 0 Å². The van der Waals surface area contributed by atoms with E-state index in [1.54, 1.807) is 0 Å². The van der Waals surface area contributed by atoms with Crippen molar-refractivity contribution in [1.29, 1.82) is 0 Å². The van der Waals surface area contributed by atoms with Crippen molar-refractivity contribution in [2.45, 2.75) is 37.9 Å². The highest BCUT2D eigenvalue weighted by molar-refractivity contribution is 9.09. The smallest absolute Gasteiger partial charge is 0.0214 e. The van der Waals surface area contributed by atoms with Crippen molar-refractivity contribution < 1.29 is 0 Å². The molecular weight excluding hydrogens is 284 g/mol. The number of rotatable bonds is 5. The van der Waals surface area contributed by atoms with Crippen LogP contribution in [-0.4, -0.2) is 4.83 Å². The van der Waals surface area contributed by atoms with Crippen LogP contribution in [0.3, 0.4) is 0 Å². The van der Waals surface area contributed by atoms with E-state index in [0.717, 1.165) is 12.3 Å². The Bertz CT molecular complexity index is 494. The number of fused-ring (bicyclic) bond motifs is 1. The lowest BCUT2D eigenvalue weighted by Gasteiger charge is -2.20. The largest absolute Gasteiger partial charge is 0.0884 e. The zero-order valence-electron chi connectivity index (χ0n) is 11.2. The number of alkyl halides is 1. The molecule has 0 aliphatic heterocycles. The number of hydrogen-bond donors (Lipinski definition) is 0. The molecule has 0 aliphatic rings. The minimum absolute atomic E-state index is 0.582. The lowest BCUT2D eigenvalue weighted by molar-refractivity contribution is 0.475. The lowest BCUT2D eigenvalue weighted by Crippen LogP contribution is -2.15. The third kappa shape index (κ3) is 2.95. The van der Waals surface area contributed by atoms with E-state index in [0.29, 0.717) is 4.83 Å². The summed E-state index contributed by atoms with van der Waals surface area (Å²) in [5.74, 6) is 0.768. The van der Waals surface area contributed by atoms with Gasteiger partial charge in [0.15, 0.2) is 0 Å². The zero-order chi connectivity index (χ0) is 13.0. The highest BCUT2D eigenvalue weighted by Gasteiger charge is 2.16. The highest BCUT2D eigenvalue weighted by atomic mass is 79.9. The molecule has 0 N–H and O–H groups in total. The quantitative estimate of drug-likeness (QED) is 0.632. The average Bonchev–Trinajstić information content (AvgIpc) is 2.40. The summed E-state index contributed by atoms with van der Waals surface area (Å²) in [5.41, 5.74) is 1.46. The Hall–Kier alpha value is -0.820. The second kappa shape index (κ2) is 6.38. The summed E-state index contributed by atoms with van der Waals surface area (Å²) in [4.78, 5) is 0.582. The molecule has 0 amide bonds. The highest BCUT2D eigenvalue weighted by Crippen LogP contribution is 2.27. The van der Waals surface area contributed by atoms with Gasteiger partial charge in [0, 0.05) is 4.83 Å². The molecular formula is C17H21Br. The molecule has 2 aromatic rings. The summed E-state index contributed by atoms with van der Waals surface area (Å²) in [7, 11) is 0. The second-order valence-electron chi connectivity index (χ2n) is 4.93. The van der Waals surface area contributed by atoms with E-state index in [9.17, 15) is 0 Å². The Labute approximate surface area is 119 Å². The van der Waals surface area contributed by atoms with Gasteiger partial charge < -0.3 is 0 Å². The van der Waals surface area contributed by atoms with Crippen LogP contribution in [-0.2, 0) is 6.42 Å². The lowest BCUT2D eigenvalue weighted by atomic mass is 9.92. The van der Waals surface area contributed by atoms with E-state index >= 15 is 0 Å². The predicted molar refractivity (Wildman–Crippen MR) is 84.4 cm³/mol. The van der Waals surface area contributed by atoms with Gasteiger partial charge in [-0.15, -0.1) is 0 Å². The van der Waals surface area contributed by atoms with Gasteiger partial charge in [0.2, 0.25) is 0 Å². The SMILES string of the molecule is CCC(CC)C(Br)Cc1cccc2ccccc12. The molecule has 1 heteroatoms. The second-order valence-corrected chi connectivity index (χ2v) is 6.11. The molecule has 0 aliphatic carbocycles. The van der Waals surface area contributed by atoms with Gasteiger partial charge in [-0.05, 0) is 28.7 Å². The first-order valence-corrected chi connectivity index (χ1v) is 7.78. The van der Waals surface area contributed by atoms with Crippen molar-refractivity contribution in [1.82, 2.24) is 0 Å². The molecule has 0 bridgehead atoms. The first kappa shape index (κ1) is 13.6. The van der Waals surface area contributed by atoms with Gasteiger partial charge in [-0.25, -0.2) is 0 Å². The minimum Gasteiger partial charge on any atom is -0.0884 e. The molecule has 2 rings (SSSR count). The molecule has 0 aromatic heterocycles. The van der Waals surface area contributed by atoms with Crippen LogP contribution in [0.15, 0.2) is 42.5 Å². The summed E-state index contributed by atoms with van der Waals surface area (Å²) in [6, 6.07) is 15.3. The van der Waals surface area contributed by atoms with Crippen LogP contribution in [0.2, 0.25) is 0 Å². The van der Waals surface area contributed by atoms with Gasteiger partial charge >= 0.3 is 0 Å².